The summed E-state index contributed by atoms with van der Waals surface area (Å²) in [5.74, 6) is 1.76. The largest absolute Gasteiger partial charge is 0.467 e. The SMILES string of the molecule is Cn1ccnc1C(NCCCOCCO)c1ccco1. The zero-order valence-corrected chi connectivity index (χ0v) is 11.7. The Kier molecular flexibility index (Phi) is 5.79. The summed E-state index contributed by atoms with van der Waals surface area (Å²) in [4.78, 5) is 4.38. The Labute approximate surface area is 118 Å². The highest BCUT2D eigenvalue weighted by atomic mass is 16.5. The molecule has 1 unspecified atom stereocenters. The van der Waals surface area contributed by atoms with Gasteiger partial charge in [-0.2, -0.15) is 0 Å². The van der Waals surface area contributed by atoms with Gasteiger partial charge in [-0.25, -0.2) is 4.98 Å². The maximum Gasteiger partial charge on any atom is 0.133 e. The zero-order chi connectivity index (χ0) is 14.2. The lowest BCUT2D eigenvalue weighted by Crippen LogP contribution is -2.26. The lowest BCUT2D eigenvalue weighted by Gasteiger charge is -2.16. The van der Waals surface area contributed by atoms with E-state index in [9.17, 15) is 0 Å². The van der Waals surface area contributed by atoms with Gasteiger partial charge in [-0.15, -0.1) is 0 Å². The predicted molar refractivity (Wildman–Crippen MR) is 74.3 cm³/mol. The number of aliphatic hydroxyl groups is 1. The van der Waals surface area contributed by atoms with Crippen LogP contribution in [-0.4, -0.2) is 41.0 Å². The highest BCUT2D eigenvalue weighted by Gasteiger charge is 2.19. The van der Waals surface area contributed by atoms with E-state index in [0.717, 1.165) is 24.6 Å². The summed E-state index contributed by atoms with van der Waals surface area (Å²) in [7, 11) is 1.96. The van der Waals surface area contributed by atoms with Gasteiger partial charge in [0.15, 0.2) is 0 Å². The minimum Gasteiger partial charge on any atom is -0.467 e. The van der Waals surface area contributed by atoms with Gasteiger partial charge < -0.3 is 24.1 Å². The van der Waals surface area contributed by atoms with E-state index in [1.807, 2.05) is 29.9 Å². The first-order chi connectivity index (χ1) is 9.83. The summed E-state index contributed by atoms with van der Waals surface area (Å²) in [5, 5.41) is 12.1. The lowest BCUT2D eigenvalue weighted by molar-refractivity contribution is 0.0904. The predicted octanol–water partition coefficient (Wildman–Crippen LogP) is 1.09. The molecule has 0 saturated heterocycles. The molecular weight excluding hydrogens is 258 g/mol. The minimum absolute atomic E-state index is 0.0652. The fourth-order valence-corrected chi connectivity index (χ4v) is 2.02. The molecule has 0 aliphatic rings. The van der Waals surface area contributed by atoms with Crippen molar-refractivity contribution in [3.8, 4) is 0 Å². The monoisotopic (exact) mass is 279 g/mol. The van der Waals surface area contributed by atoms with Crippen LogP contribution in [0.4, 0.5) is 0 Å². The van der Waals surface area contributed by atoms with E-state index in [1.54, 1.807) is 12.5 Å². The first kappa shape index (κ1) is 14.8. The molecule has 0 radical (unpaired) electrons. The normalized spacial score (nSPS) is 12.7. The van der Waals surface area contributed by atoms with Crippen molar-refractivity contribution in [2.45, 2.75) is 12.5 Å². The molecule has 2 aromatic rings. The molecule has 2 heterocycles. The maximum atomic E-state index is 8.63. The number of rotatable bonds is 9. The molecular formula is C14H21N3O3. The van der Waals surface area contributed by atoms with Crippen LogP contribution in [0.2, 0.25) is 0 Å². The Balaban J connectivity index is 1.90. The van der Waals surface area contributed by atoms with E-state index >= 15 is 0 Å². The highest BCUT2D eigenvalue weighted by Crippen LogP contribution is 2.20. The van der Waals surface area contributed by atoms with Gasteiger partial charge >= 0.3 is 0 Å². The van der Waals surface area contributed by atoms with Crippen molar-refractivity contribution < 1.29 is 14.3 Å². The Morgan fingerprint density at radius 1 is 1.50 bits per heavy atom. The van der Waals surface area contributed by atoms with Crippen LogP contribution >= 0.6 is 0 Å². The molecule has 2 rings (SSSR count). The number of hydrogen-bond donors (Lipinski definition) is 2. The number of imidazole rings is 1. The van der Waals surface area contributed by atoms with Crippen LogP contribution in [0.25, 0.3) is 0 Å². The molecule has 0 bridgehead atoms. The average molecular weight is 279 g/mol. The number of nitrogens with one attached hydrogen (secondary N) is 1. The van der Waals surface area contributed by atoms with Crippen molar-refractivity contribution in [2.24, 2.45) is 7.05 Å². The molecule has 2 N–H and O–H groups in total. The number of hydrogen-bond acceptors (Lipinski definition) is 5. The first-order valence-corrected chi connectivity index (χ1v) is 6.75. The second-order valence-electron chi connectivity index (χ2n) is 4.49. The summed E-state index contributed by atoms with van der Waals surface area (Å²) >= 11 is 0. The van der Waals surface area contributed by atoms with Crippen LogP contribution < -0.4 is 5.32 Å². The van der Waals surface area contributed by atoms with Crippen molar-refractivity contribution in [1.82, 2.24) is 14.9 Å². The third-order valence-corrected chi connectivity index (χ3v) is 2.99. The van der Waals surface area contributed by atoms with Crippen LogP contribution in [0.1, 0.15) is 24.0 Å². The van der Waals surface area contributed by atoms with E-state index in [4.69, 9.17) is 14.3 Å². The van der Waals surface area contributed by atoms with Gasteiger partial charge in [0.1, 0.15) is 17.6 Å². The van der Waals surface area contributed by atoms with Crippen molar-refractivity contribution in [3.05, 3.63) is 42.4 Å². The Bertz CT molecular complexity index is 482. The fraction of sp³-hybridized carbons (Fsp3) is 0.500. The van der Waals surface area contributed by atoms with Crippen molar-refractivity contribution in [3.63, 3.8) is 0 Å². The lowest BCUT2D eigenvalue weighted by atomic mass is 10.2. The second kappa shape index (κ2) is 7.84. The molecule has 110 valence electrons. The van der Waals surface area contributed by atoms with Crippen LogP contribution in [0.5, 0.6) is 0 Å². The van der Waals surface area contributed by atoms with Gasteiger partial charge in [0, 0.05) is 26.0 Å². The van der Waals surface area contributed by atoms with Gasteiger partial charge in [0.2, 0.25) is 0 Å². The maximum absolute atomic E-state index is 8.63. The molecule has 0 spiro atoms. The fourth-order valence-electron chi connectivity index (χ4n) is 2.02. The second-order valence-corrected chi connectivity index (χ2v) is 4.49. The smallest absolute Gasteiger partial charge is 0.133 e. The number of furan rings is 1. The molecule has 0 aliphatic carbocycles. The van der Waals surface area contributed by atoms with Gasteiger partial charge in [-0.3, -0.25) is 0 Å². The Morgan fingerprint density at radius 3 is 3.05 bits per heavy atom. The molecule has 6 heteroatoms. The molecule has 20 heavy (non-hydrogen) atoms. The van der Waals surface area contributed by atoms with Crippen molar-refractivity contribution in [2.75, 3.05) is 26.4 Å². The van der Waals surface area contributed by atoms with Gasteiger partial charge in [0.05, 0.1) is 19.5 Å². The standard InChI is InChI=1S/C14H21N3O3/c1-17-7-6-16-14(17)13(12-4-2-10-20-12)15-5-3-9-19-11-8-18/h2,4,6-7,10,13,15,18H,3,5,8-9,11H2,1H3. The van der Waals surface area contributed by atoms with E-state index in [1.165, 1.54) is 0 Å². The molecule has 0 fully saturated rings. The van der Waals surface area contributed by atoms with Gasteiger partial charge in [-0.05, 0) is 25.1 Å². The van der Waals surface area contributed by atoms with E-state index < -0.39 is 0 Å². The summed E-state index contributed by atoms with van der Waals surface area (Å²) in [6.07, 6.45) is 6.22. The quantitative estimate of drug-likeness (QED) is 0.672. The highest BCUT2D eigenvalue weighted by molar-refractivity contribution is 5.15. The number of aromatic nitrogens is 2. The van der Waals surface area contributed by atoms with E-state index in [2.05, 4.69) is 10.3 Å². The van der Waals surface area contributed by atoms with E-state index in [-0.39, 0.29) is 12.6 Å². The number of aliphatic hydroxyl groups excluding tert-OH is 1. The molecule has 1 atom stereocenters. The minimum atomic E-state index is -0.0668. The number of nitrogens with zero attached hydrogens (tertiary/aromatic N) is 2. The van der Waals surface area contributed by atoms with Gasteiger partial charge in [-0.1, -0.05) is 0 Å². The Hall–Kier alpha value is -1.63. The molecule has 0 aromatic carbocycles. The number of aryl methyl sites for hydroxylation is 1. The summed E-state index contributed by atoms with van der Waals surface area (Å²) in [5.41, 5.74) is 0. The molecule has 0 aliphatic heterocycles. The van der Waals surface area contributed by atoms with E-state index in [0.29, 0.717) is 13.2 Å². The van der Waals surface area contributed by atoms with Crippen molar-refractivity contribution >= 4 is 0 Å². The zero-order valence-electron chi connectivity index (χ0n) is 11.7. The van der Waals surface area contributed by atoms with Crippen LogP contribution in [0.15, 0.2) is 35.2 Å². The van der Waals surface area contributed by atoms with Gasteiger partial charge in [0.25, 0.3) is 0 Å². The van der Waals surface area contributed by atoms with Crippen LogP contribution in [-0.2, 0) is 11.8 Å². The first-order valence-electron chi connectivity index (χ1n) is 6.75. The summed E-state index contributed by atoms with van der Waals surface area (Å²) in [6.45, 7) is 1.86. The molecule has 6 nitrogen and oxygen atoms in total. The summed E-state index contributed by atoms with van der Waals surface area (Å²) in [6, 6.07) is 3.74. The molecule has 2 aromatic heterocycles. The van der Waals surface area contributed by atoms with Crippen LogP contribution in [0.3, 0.4) is 0 Å². The summed E-state index contributed by atoms with van der Waals surface area (Å²) < 4.78 is 12.7. The molecule has 0 saturated carbocycles. The molecule has 0 amide bonds. The third kappa shape index (κ3) is 3.93. The third-order valence-electron chi connectivity index (χ3n) is 2.99. The van der Waals surface area contributed by atoms with Crippen molar-refractivity contribution in [1.29, 1.82) is 0 Å². The topological polar surface area (TPSA) is 72.5 Å². The average Bonchev–Trinajstić information content (AvgIpc) is 3.10. The Morgan fingerprint density at radius 2 is 2.40 bits per heavy atom. The number of ether oxygens (including phenoxy) is 1. The van der Waals surface area contributed by atoms with Crippen LogP contribution in [0, 0.1) is 0 Å².